The second kappa shape index (κ2) is 5.27. The molecule has 3 heteroatoms. The molecular weight excluding hydrogens is 224 g/mol. The van der Waals surface area contributed by atoms with Gasteiger partial charge in [-0.15, -0.1) is 0 Å². The first kappa shape index (κ1) is 12.0. The molecule has 0 unspecified atom stereocenters. The molecule has 0 radical (unpaired) electrons. The first-order valence-electron chi connectivity index (χ1n) is 5.67. The van der Waals surface area contributed by atoms with Crippen molar-refractivity contribution in [3.8, 4) is 11.3 Å². The minimum Gasteiger partial charge on any atom is -0.329 e. The van der Waals surface area contributed by atoms with E-state index >= 15 is 0 Å². The normalized spacial score (nSPS) is 9.83. The Morgan fingerprint density at radius 1 is 1.28 bits per heavy atom. The number of benzene rings is 1. The Bertz CT molecular complexity index is 591. The fourth-order valence-electron chi connectivity index (χ4n) is 1.81. The Morgan fingerprint density at radius 2 is 2.06 bits per heavy atom. The molecule has 0 saturated heterocycles. The topological polar surface area (TPSA) is 42.0 Å². The molecule has 0 saturated carbocycles. The van der Waals surface area contributed by atoms with Crippen LogP contribution in [0.15, 0.2) is 55.4 Å². The van der Waals surface area contributed by atoms with Crippen LogP contribution in [0.2, 0.25) is 0 Å². The number of carbonyl (C=O) groups is 1. The van der Waals surface area contributed by atoms with Crippen molar-refractivity contribution in [1.29, 1.82) is 0 Å². The minimum atomic E-state index is -0.198. The summed E-state index contributed by atoms with van der Waals surface area (Å²) in [5, 5.41) is 2.58. The van der Waals surface area contributed by atoms with Gasteiger partial charge in [0.2, 0.25) is 0 Å². The third kappa shape index (κ3) is 2.30. The SMILES string of the molecule is C=CNC(=O)c1cccnc1-c1ccccc1C. The van der Waals surface area contributed by atoms with E-state index in [0.29, 0.717) is 11.3 Å². The molecule has 3 nitrogen and oxygen atoms in total. The smallest absolute Gasteiger partial charge is 0.257 e. The van der Waals surface area contributed by atoms with Crippen LogP contribution in [0.1, 0.15) is 15.9 Å². The summed E-state index contributed by atoms with van der Waals surface area (Å²) in [5.74, 6) is -0.198. The van der Waals surface area contributed by atoms with Crippen molar-refractivity contribution in [2.24, 2.45) is 0 Å². The molecule has 0 bridgehead atoms. The highest BCUT2D eigenvalue weighted by Gasteiger charge is 2.13. The van der Waals surface area contributed by atoms with Gasteiger partial charge in [-0.1, -0.05) is 30.8 Å². The van der Waals surface area contributed by atoms with Gasteiger partial charge in [0.15, 0.2) is 0 Å². The molecule has 0 spiro atoms. The van der Waals surface area contributed by atoms with E-state index in [9.17, 15) is 4.79 Å². The number of rotatable bonds is 3. The summed E-state index contributed by atoms with van der Waals surface area (Å²) in [6, 6.07) is 11.4. The molecule has 18 heavy (non-hydrogen) atoms. The van der Waals surface area contributed by atoms with E-state index < -0.39 is 0 Å². The van der Waals surface area contributed by atoms with Crippen molar-refractivity contribution in [1.82, 2.24) is 10.3 Å². The fraction of sp³-hybridized carbons (Fsp3) is 0.0667. The number of nitrogens with zero attached hydrogens (tertiary/aromatic N) is 1. The van der Waals surface area contributed by atoms with Crippen LogP contribution >= 0.6 is 0 Å². The summed E-state index contributed by atoms with van der Waals surface area (Å²) in [5.41, 5.74) is 3.29. The molecule has 0 aliphatic carbocycles. The van der Waals surface area contributed by atoms with Crippen molar-refractivity contribution in [2.45, 2.75) is 6.92 Å². The van der Waals surface area contributed by atoms with Crippen LogP contribution in [0, 0.1) is 6.92 Å². The number of nitrogens with one attached hydrogen (secondary N) is 1. The zero-order valence-electron chi connectivity index (χ0n) is 10.2. The monoisotopic (exact) mass is 238 g/mol. The summed E-state index contributed by atoms with van der Waals surface area (Å²) in [6.45, 7) is 5.49. The van der Waals surface area contributed by atoms with Crippen molar-refractivity contribution in [3.63, 3.8) is 0 Å². The van der Waals surface area contributed by atoms with Gasteiger partial charge in [-0.2, -0.15) is 0 Å². The Labute approximate surface area is 106 Å². The molecule has 0 aliphatic heterocycles. The largest absolute Gasteiger partial charge is 0.329 e. The molecular formula is C15H14N2O. The van der Waals surface area contributed by atoms with Gasteiger partial charge in [0.25, 0.3) is 5.91 Å². The van der Waals surface area contributed by atoms with Gasteiger partial charge in [0.05, 0.1) is 11.3 Å². The number of carbonyl (C=O) groups excluding carboxylic acids is 1. The first-order valence-corrected chi connectivity index (χ1v) is 5.67. The van der Waals surface area contributed by atoms with E-state index in [2.05, 4.69) is 16.9 Å². The van der Waals surface area contributed by atoms with Crippen molar-refractivity contribution >= 4 is 5.91 Å². The van der Waals surface area contributed by atoms with Crippen LogP contribution in [-0.4, -0.2) is 10.9 Å². The summed E-state index contributed by atoms with van der Waals surface area (Å²) in [7, 11) is 0. The summed E-state index contributed by atoms with van der Waals surface area (Å²) >= 11 is 0. The summed E-state index contributed by atoms with van der Waals surface area (Å²) in [4.78, 5) is 16.2. The average molecular weight is 238 g/mol. The van der Waals surface area contributed by atoms with Crippen LogP contribution in [0.4, 0.5) is 0 Å². The number of aryl methyl sites for hydroxylation is 1. The average Bonchev–Trinajstić information content (AvgIpc) is 2.40. The fourth-order valence-corrected chi connectivity index (χ4v) is 1.81. The maximum absolute atomic E-state index is 11.9. The van der Waals surface area contributed by atoms with Crippen LogP contribution in [0.3, 0.4) is 0 Å². The molecule has 1 N–H and O–H groups in total. The molecule has 0 aliphatic rings. The Morgan fingerprint density at radius 3 is 2.78 bits per heavy atom. The van der Waals surface area contributed by atoms with Gasteiger partial charge in [-0.05, 0) is 30.8 Å². The van der Waals surface area contributed by atoms with Gasteiger partial charge in [-0.3, -0.25) is 9.78 Å². The van der Waals surface area contributed by atoms with Gasteiger partial charge in [0, 0.05) is 11.8 Å². The molecule has 90 valence electrons. The van der Waals surface area contributed by atoms with Crippen LogP contribution in [0.25, 0.3) is 11.3 Å². The summed E-state index contributed by atoms with van der Waals surface area (Å²) < 4.78 is 0. The molecule has 1 aromatic carbocycles. The number of amides is 1. The molecule has 1 amide bonds. The summed E-state index contributed by atoms with van der Waals surface area (Å²) in [6.07, 6.45) is 3.06. The molecule has 2 rings (SSSR count). The lowest BCUT2D eigenvalue weighted by molar-refractivity contribution is 0.0970. The quantitative estimate of drug-likeness (QED) is 0.893. The molecule has 1 heterocycles. The number of aromatic nitrogens is 1. The molecule has 2 aromatic rings. The van der Waals surface area contributed by atoms with E-state index in [4.69, 9.17) is 0 Å². The van der Waals surface area contributed by atoms with Crippen molar-refractivity contribution < 1.29 is 4.79 Å². The second-order valence-electron chi connectivity index (χ2n) is 3.89. The van der Waals surface area contributed by atoms with E-state index in [1.165, 1.54) is 6.20 Å². The molecule has 1 aromatic heterocycles. The predicted octanol–water partition coefficient (Wildman–Crippen LogP) is 2.93. The van der Waals surface area contributed by atoms with Crippen molar-refractivity contribution in [3.05, 3.63) is 66.5 Å². The van der Waals surface area contributed by atoms with Gasteiger partial charge in [0.1, 0.15) is 0 Å². The zero-order chi connectivity index (χ0) is 13.0. The third-order valence-electron chi connectivity index (χ3n) is 2.69. The van der Waals surface area contributed by atoms with Gasteiger partial charge >= 0.3 is 0 Å². The lowest BCUT2D eigenvalue weighted by Crippen LogP contribution is -2.18. The van der Waals surface area contributed by atoms with E-state index in [1.807, 2.05) is 31.2 Å². The highest BCUT2D eigenvalue weighted by atomic mass is 16.1. The minimum absolute atomic E-state index is 0.198. The lowest BCUT2D eigenvalue weighted by atomic mass is 10.0. The predicted molar refractivity (Wildman–Crippen MR) is 72.1 cm³/mol. The maximum atomic E-state index is 11.9. The molecule has 0 fully saturated rings. The number of pyridine rings is 1. The first-order chi connectivity index (χ1) is 8.74. The van der Waals surface area contributed by atoms with Crippen LogP contribution < -0.4 is 5.32 Å². The lowest BCUT2D eigenvalue weighted by Gasteiger charge is -2.09. The second-order valence-corrected chi connectivity index (χ2v) is 3.89. The van der Waals surface area contributed by atoms with Gasteiger partial charge in [-0.25, -0.2) is 0 Å². The molecule has 0 atom stereocenters. The third-order valence-corrected chi connectivity index (χ3v) is 2.69. The Balaban J connectivity index is 2.55. The van der Waals surface area contributed by atoms with Gasteiger partial charge < -0.3 is 5.32 Å². The zero-order valence-corrected chi connectivity index (χ0v) is 10.2. The standard InChI is InChI=1S/C15H14N2O/c1-3-16-15(18)13-9-6-10-17-14(13)12-8-5-4-7-11(12)2/h3-10H,1H2,2H3,(H,16,18). The van der Waals surface area contributed by atoms with Crippen LogP contribution in [-0.2, 0) is 0 Å². The highest BCUT2D eigenvalue weighted by molar-refractivity contribution is 6.00. The highest BCUT2D eigenvalue weighted by Crippen LogP contribution is 2.24. The van der Waals surface area contributed by atoms with E-state index in [0.717, 1.165) is 11.1 Å². The van der Waals surface area contributed by atoms with E-state index in [-0.39, 0.29) is 5.91 Å². The number of hydrogen-bond acceptors (Lipinski definition) is 2. The maximum Gasteiger partial charge on any atom is 0.257 e. The van der Waals surface area contributed by atoms with E-state index in [1.54, 1.807) is 18.3 Å². The van der Waals surface area contributed by atoms with Crippen molar-refractivity contribution in [2.75, 3.05) is 0 Å². The number of hydrogen-bond donors (Lipinski definition) is 1. The Hall–Kier alpha value is -2.42. The van der Waals surface area contributed by atoms with Crippen LogP contribution in [0.5, 0.6) is 0 Å². The Kier molecular flexibility index (Phi) is 3.53.